The number of carbonyl (C=O) groups excluding carboxylic acids is 1. The number of nitrogen functional groups attached to an aromatic ring is 1. The van der Waals surface area contributed by atoms with Gasteiger partial charge in [-0.25, -0.2) is 0 Å². The van der Waals surface area contributed by atoms with Crippen LogP contribution >= 0.6 is 0 Å². The van der Waals surface area contributed by atoms with Crippen LogP contribution in [0.1, 0.15) is 28.8 Å². The van der Waals surface area contributed by atoms with Crippen molar-refractivity contribution in [2.45, 2.75) is 25.4 Å². The molecule has 1 aliphatic carbocycles. The zero-order valence-corrected chi connectivity index (χ0v) is 11.7. The van der Waals surface area contributed by atoms with Gasteiger partial charge in [-0.05, 0) is 42.7 Å². The Morgan fingerprint density at radius 2 is 1.95 bits per heavy atom. The number of phenols is 1. The van der Waals surface area contributed by atoms with Gasteiger partial charge in [-0.3, -0.25) is 4.79 Å². The van der Waals surface area contributed by atoms with Crippen LogP contribution in [0.2, 0.25) is 0 Å². The monoisotopic (exact) mass is 282 g/mol. The minimum absolute atomic E-state index is 0.0426. The lowest BCUT2D eigenvalue weighted by Crippen LogP contribution is -2.33. The summed E-state index contributed by atoms with van der Waals surface area (Å²) in [5.74, 6) is 0.175. The molecule has 3 N–H and O–H groups in total. The van der Waals surface area contributed by atoms with Gasteiger partial charge in [0.1, 0.15) is 5.75 Å². The molecule has 2 aromatic carbocycles. The maximum absolute atomic E-state index is 12.7. The van der Waals surface area contributed by atoms with Crippen LogP contribution in [0, 0.1) is 0 Å². The Morgan fingerprint density at radius 1 is 1.19 bits per heavy atom. The molecule has 1 aliphatic rings. The summed E-state index contributed by atoms with van der Waals surface area (Å²) >= 11 is 0. The van der Waals surface area contributed by atoms with E-state index in [4.69, 9.17) is 5.73 Å². The Hall–Kier alpha value is -2.49. The molecule has 21 heavy (non-hydrogen) atoms. The predicted molar refractivity (Wildman–Crippen MR) is 81.9 cm³/mol. The molecule has 108 valence electrons. The van der Waals surface area contributed by atoms with E-state index in [0.29, 0.717) is 17.8 Å². The molecule has 0 aromatic heterocycles. The third-order valence-electron chi connectivity index (χ3n) is 3.70. The number of carbonyl (C=O) groups is 1. The van der Waals surface area contributed by atoms with Crippen molar-refractivity contribution in [3.63, 3.8) is 0 Å². The number of anilines is 1. The fourth-order valence-corrected chi connectivity index (χ4v) is 2.45. The van der Waals surface area contributed by atoms with Crippen molar-refractivity contribution in [1.29, 1.82) is 0 Å². The van der Waals surface area contributed by atoms with Crippen LogP contribution < -0.4 is 5.73 Å². The van der Waals surface area contributed by atoms with E-state index in [1.54, 1.807) is 30.3 Å². The zero-order valence-electron chi connectivity index (χ0n) is 11.7. The second kappa shape index (κ2) is 5.48. The van der Waals surface area contributed by atoms with Gasteiger partial charge >= 0.3 is 0 Å². The number of benzene rings is 2. The van der Waals surface area contributed by atoms with Gasteiger partial charge in [-0.1, -0.05) is 24.3 Å². The summed E-state index contributed by atoms with van der Waals surface area (Å²) in [6.07, 6.45) is 2.05. The summed E-state index contributed by atoms with van der Waals surface area (Å²) in [5.41, 5.74) is 7.88. The first-order valence-corrected chi connectivity index (χ1v) is 7.08. The smallest absolute Gasteiger partial charge is 0.256 e. The van der Waals surface area contributed by atoms with Gasteiger partial charge in [0.15, 0.2) is 0 Å². The average molecular weight is 282 g/mol. The van der Waals surface area contributed by atoms with Crippen molar-refractivity contribution in [2.24, 2.45) is 0 Å². The molecule has 1 amide bonds. The van der Waals surface area contributed by atoms with E-state index in [2.05, 4.69) is 0 Å². The third-order valence-corrected chi connectivity index (χ3v) is 3.70. The lowest BCUT2D eigenvalue weighted by Gasteiger charge is -2.23. The van der Waals surface area contributed by atoms with Crippen molar-refractivity contribution in [1.82, 2.24) is 4.90 Å². The first kappa shape index (κ1) is 13.5. The van der Waals surface area contributed by atoms with E-state index in [1.165, 1.54) is 0 Å². The second-order valence-electron chi connectivity index (χ2n) is 5.42. The molecule has 1 saturated carbocycles. The highest BCUT2D eigenvalue weighted by Gasteiger charge is 2.33. The summed E-state index contributed by atoms with van der Waals surface area (Å²) in [6.45, 7) is 0.492. The lowest BCUT2D eigenvalue weighted by atomic mass is 10.1. The molecule has 0 bridgehead atoms. The summed E-state index contributed by atoms with van der Waals surface area (Å²) in [6, 6.07) is 14.4. The Bertz CT molecular complexity index is 665. The summed E-state index contributed by atoms with van der Waals surface area (Å²) in [7, 11) is 0. The summed E-state index contributed by atoms with van der Waals surface area (Å²) in [5, 5.41) is 9.56. The van der Waals surface area contributed by atoms with Crippen LogP contribution in [0.5, 0.6) is 5.75 Å². The molecular weight excluding hydrogens is 264 g/mol. The molecule has 3 rings (SSSR count). The molecule has 0 unspecified atom stereocenters. The van der Waals surface area contributed by atoms with E-state index in [9.17, 15) is 9.90 Å². The summed E-state index contributed by atoms with van der Waals surface area (Å²) < 4.78 is 0. The fourth-order valence-electron chi connectivity index (χ4n) is 2.45. The normalized spacial score (nSPS) is 13.9. The van der Waals surface area contributed by atoms with Crippen LogP contribution in [0.25, 0.3) is 0 Å². The highest BCUT2D eigenvalue weighted by atomic mass is 16.3. The highest BCUT2D eigenvalue weighted by molar-refractivity contribution is 5.99. The van der Waals surface area contributed by atoms with Crippen molar-refractivity contribution >= 4 is 11.6 Å². The number of hydrogen-bond donors (Lipinski definition) is 2. The van der Waals surface area contributed by atoms with E-state index in [0.717, 1.165) is 18.4 Å². The minimum Gasteiger partial charge on any atom is -0.508 e. The zero-order chi connectivity index (χ0) is 14.8. The molecule has 0 heterocycles. The Morgan fingerprint density at radius 3 is 2.62 bits per heavy atom. The molecule has 0 spiro atoms. The maximum atomic E-state index is 12.7. The molecule has 0 aliphatic heterocycles. The Kier molecular flexibility index (Phi) is 3.52. The quantitative estimate of drug-likeness (QED) is 0.847. The van der Waals surface area contributed by atoms with Crippen LogP contribution in [0.15, 0.2) is 48.5 Å². The molecule has 0 radical (unpaired) electrons. The largest absolute Gasteiger partial charge is 0.508 e. The van der Waals surface area contributed by atoms with E-state index in [-0.39, 0.29) is 17.7 Å². The van der Waals surface area contributed by atoms with Gasteiger partial charge in [0.25, 0.3) is 5.91 Å². The van der Waals surface area contributed by atoms with Gasteiger partial charge < -0.3 is 15.7 Å². The number of aromatic hydroxyl groups is 1. The van der Waals surface area contributed by atoms with Gasteiger partial charge in [0, 0.05) is 18.3 Å². The van der Waals surface area contributed by atoms with E-state index < -0.39 is 0 Å². The van der Waals surface area contributed by atoms with Crippen LogP contribution in [0.3, 0.4) is 0 Å². The van der Waals surface area contributed by atoms with Gasteiger partial charge in [-0.15, -0.1) is 0 Å². The van der Waals surface area contributed by atoms with Crippen molar-refractivity contribution in [2.75, 3.05) is 5.73 Å². The fraction of sp³-hybridized carbons (Fsp3) is 0.235. The number of amides is 1. The van der Waals surface area contributed by atoms with Crippen molar-refractivity contribution in [3.8, 4) is 5.75 Å². The second-order valence-corrected chi connectivity index (χ2v) is 5.42. The number of rotatable bonds is 4. The molecule has 4 heteroatoms. The number of phenolic OH excluding ortho intramolecular Hbond substituents is 1. The molecule has 0 saturated heterocycles. The molecular formula is C17H18N2O2. The molecule has 0 atom stereocenters. The van der Waals surface area contributed by atoms with E-state index >= 15 is 0 Å². The lowest BCUT2D eigenvalue weighted by molar-refractivity contribution is 0.0731. The number of nitrogens with zero attached hydrogens (tertiary/aromatic N) is 1. The molecule has 1 fully saturated rings. The minimum atomic E-state index is -0.0426. The predicted octanol–water partition coefficient (Wildman–Crippen LogP) is 2.78. The van der Waals surface area contributed by atoms with Gasteiger partial charge in [0.2, 0.25) is 0 Å². The van der Waals surface area contributed by atoms with E-state index in [1.807, 2.05) is 23.1 Å². The van der Waals surface area contributed by atoms with Gasteiger partial charge in [-0.2, -0.15) is 0 Å². The maximum Gasteiger partial charge on any atom is 0.256 e. The summed E-state index contributed by atoms with van der Waals surface area (Å²) in [4.78, 5) is 14.6. The van der Waals surface area contributed by atoms with Crippen molar-refractivity contribution < 1.29 is 9.90 Å². The topological polar surface area (TPSA) is 66.6 Å². The standard InChI is InChI=1S/C17H18N2O2/c18-16-7-2-1-6-15(16)17(21)19(13-8-9-13)11-12-4-3-5-14(20)10-12/h1-7,10,13,20H,8-9,11,18H2. The SMILES string of the molecule is Nc1ccccc1C(=O)N(Cc1cccc(O)c1)C1CC1. The number of nitrogens with two attached hydrogens (primary N) is 1. The molecule has 4 nitrogen and oxygen atoms in total. The Labute approximate surface area is 123 Å². The third kappa shape index (κ3) is 2.99. The Balaban J connectivity index is 1.85. The van der Waals surface area contributed by atoms with Crippen molar-refractivity contribution in [3.05, 3.63) is 59.7 Å². The number of para-hydroxylation sites is 1. The van der Waals surface area contributed by atoms with Crippen LogP contribution in [0.4, 0.5) is 5.69 Å². The number of hydrogen-bond acceptors (Lipinski definition) is 3. The first-order valence-electron chi connectivity index (χ1n) is 7.08. The molecule has 2 aromatic rings. The average Bonchev–Trinajstić information content (AvgIpc) is 3.29. The van der Waals surface area contributed by atoms with Crippen LogP contribution in [-0.4, -0.2) is 22.0 Å². The van der Waals surface area contributed by atoms with Crippen LogP contribution in [-0.2, 0) is 6.54 Å². The highest BCUT2D eigenvalue weighted by Crippen LogP contribution is 2.31. The van der Waals surface area contributed by atoms with Gasteiger partial charge in [0.05, 0.1) is 5.56 Å². The first-order chi connectivity index (χ1) is 10.1.